The van der Waals surface area contributed by atoms with Crippen LogP contribution in [0, 0.1) is 6.92 Å². The van der Waals surface area contributed by atoms with E-state index in [4.69, 9.17) is 0 Å². The van der Waals surface area contributed by atoms with Crippen molar-refractivity contribution in [3.63, 3.8) is 0 Å². The van der Waals surface area contributed by atoms with Gasteiger partial charge in [-0.15, -0.1) is 0 Å². The molecule has 0 unspecified atom stereocenters. The van der Waals surface area contributed by atoms with Crippen molar-refractivity contribution in [2.24, 2.45) is 7.05 Å². The molecule has 0 aromatic carbocycles. The number of aromatic nitrogens is 2. The molecular weight excluding hydrogens is 188 g/mol. The molecule has 0 aliphatic rings. The third-order valence-corrected chi connectivity index (χ3v) is 3.93. The number of sulfone groups is 1. The standard InChI is InChI=1S/C8H14N2O2S/c1-4-5-13(11,12)8-6-9-7(2)10(8)3/h6H,4-5H2,1-3H3. The first kappa shape index (κ1) is 10.2. The van der Waals surface area contributed by atoms with Gasteiger partial charge in [0, 0.05) is 7.05 Å². The molecule has 0 aliphatic heterocycles. The summed E-state index contributed by atoms with van der Waals surface area (Å²) in [4.78, 5) is 3.95. The van der Waals surface area contributed by atoms with Crippen molar-refractivity contribution in [1.29, 1.82) is 0 Å². The van der Waals surface area contributed by atoms with Crippen molar-refractivity contribution in [3.05, 3.63) is 12.0 Å². The van der Waals surface area contributed by atoms with Crippen LogP contribution < -0.4 is 0 Å². The van der Waals surface area contributed by atoms with Crippen LogP contribution in [0.15, 0.2) is 11.2 Å². The molecule has 0 amide bonds. The fourth-order valence-electron chi connectivity index (χ4n) is 1.14. The largest absolute Gasteiger partial charge is 0.323 e. The van der Waals surface area contributed by atoms with Crippen LogP contribution in [0.3, 0.4) is 0 Å². The zero-order chi connectivity index (χ0) is 10.1. The Kier molecular flexibility index (Phi) is 2.75. The van der Waals surface area contributed by atoms with Gasteiger partial charge in [0.05, 0.1) is 11.9 Å². The summed E-state index contributed by atoms with van der Waals surface area (Å²) in [5.41, 5.74) is 0. The molecule has 0 spiro atoms. The van der Waals surface area contributed by atoms with E-state index in [1.807, 2.05) is 6.92 Å². The quantitative estimate of drug-likeness (QED) is 0.732. The van der Waals surface area contributed by atoms with Gasteiger partial charge in [-0.3, -0.25) is 0 Å². The summed E-state index contributed by atoms with van der Waals surface area (Å²) >= 11 is 0. The lowest BCUT2D eigenvalue weighted by atomic mass is 10.6. The molecule has 1 heterocycles. The Balaban J connectivity index is 3.15. The summed E-state index contributed by atoms with van der Waals surface area (Å²) in [6, 6.07) is 0. The van der Waals surface area contributed by atoms with Gasteiger partial charge in [0.2, 0.25) is 0 Å². The van der Waals surface area contributed by atoms with Gasteiger partial charge >= 0.3 is 0 Å². The van der Waals surface area contributed by atoms with Crippen LogP contribution in [0.1, 0.15) is 19.2 Å². The Hall–Kier alpha value is -0.840. The fraction of sp³-hybridized carbons (Fsp3) is 0.625. The maximum Gasteiger partial charge on any atom is 0.195 e. The predicted octanol–water partition coefficient (Wildman–Crippen LogP) is 0.912. The molecule has 13 heavy (non-hydrogen) atoms. The Labute approximate surface area is 78.5 Å². The Bertz CT molecular complexity index is 392. The highest BCUT2D eigenvalue weighted by atomic mass is 32.2. The van der Waals surface area contributed by atoms with Crippen molar-refractivity contribution >= 4 is 9.84 Å². The first-order valence-corrected chi connectivity index (χ1v) is 5.85. The van der Waals surface area contributed by atoms with Crippen molar-refractivity contribution in [2.45, 2.75) is 25.3 Å². The van der Waals surface area contributed by atoms with Crippen molar-refractivity contribution in [2.75, 3.05) is 5.75 Å². The van der Waals surface area contributed by atoms with Gasteiger partial charge < -0.3 is 4.57 Å². The first-order valence-electron chi connectivity index (χ1n) is 4.20. The molecule has 5 heteroatoms. The molecule has 4 nitrogen and oxygen atoms in total. The summed E-state index contributed by atoms with van der Waals surface area (Å²) in [5, 5.41) is 0.312. The third kappa shape index (κ3) is 1.91. The molecule has 0 saturated carbocycles. The van der Waals surface area contributed by atoms with E-state index in [9.17, 15) is 8.42 Å². The van der Waals surface area contributed by atoms with Gasteiger partial charge in [-0.25, -0.2) is 13.4 Å². The molecule has 74 valence electrons. The SMILES string of the molecule is CCCS(=O)(=O)c1cnc(C)n1C. The first-order chi connectivity index (χ1) is 5.99. The van der Waals surface area contributed by atoms with E-state index >= 15 is 0 Å². The van der Waals surface area contributed by atoms with E-state index in [1.165, 1.54) is 6.20 Å². The van der Waals surface area contributed by atoms with Crippen LogP contribution in [0.25, 0.3) is 0 Å². The van der Waals surface area contributed by atoms with Crippen LogP contribution in [0.2, 0.25) is 0 Å². The smallest absolute Gasteiger partial charge is 0.195 e. The minimum atomic E-state index is -3.12. The van der Waals surface area contributed by atoms with E-state index in [2.05, 4.69) is 4.98 Å². The normalized spacial score (nSPS) is 11.9. The molecule has 1 aromatic heterocycles. The zero-order valence-corrected chi connectivity index (χ0v) is 8.93. The molecular formula is C8H14N2O2S. The van der Waals surface area contributed by atoms with Crippen molar-refractivity contribution in [3.8, 4) is 0 Å². The number of aryl methyl sites for hydroxylation is 1. The molecule has 0 bridgehead atoms. The topological polar surface area (TPSA) is 52.0 Å². The predicted molar refractivity (Wildman–Crippen MR) is 50.3 cm³/mol. The van der Waals surface area contributed by atoms with Crippen LogP contribution in [0.4, 0.5) is 0 Å². The molecule has 0 radical (unpaired) electrons. The molecule has 1 aromatic rings. The second-order valence-corrected chi connectivity index (χ2v) is 5.08. The zero-order valence-electron chi connectivity index (χ0n) is 8.11. The summed E-state index contributed by atoms with van der Waals surface area (Å²) in [6.07, 6.45) is 2.05. The number of nitrogens with zero attached hydrogens (tertiary/aromatic N) is 2. The highest BCUT2D eigenvalue weighted by Gasteiger charge is 2.17. The number of hydrogen-bond acceptors (Lipinski definition) is 3. The molecule has 0 aliphatic carbocycles. The average molecular weight is 202 g/mol. The number of rotatable bonds is 3. The number of hydrogen-bond donors (Lipinski definition) is 0. The van der Waals surface area contributed by atoms with Crippen LogP contribution in [-0.4, -0.2) is 23.7 Å². The van der Waals surface area contributed by atoms with Gasteiger partial charge in [0.1, 0.15) is 5.82 Å². The van der Waals surface area contributed by atoms with Gasteiger partial charge in [-0.2, -0.15) is 0 Å². The average Bonchev–Trinajstić information content (AvgIpc) is 2.33. The molecule has 0 atom stereocenters. The van der Waals surface area contributed by atoms with Gasteiger partial charge in [-0.05, 0) is 13.3 Å². The molecule has 1 rings (SSSR count). The van der Waals surface area contributed by atoms with Gasteiger partial charge in [-0.1, -0.05) is 6.92 Å². The second-order valence-electron chi connectivity index (χ2n) is 3.02. The van der Waals surface area contributed by atoms with Crippen molar-refractivity contribution in [1.82, 2.24) is 9.55 Å². The van der Waals surface area contributed by atoms with Crippen molar-refractivity contribution < 1.29 is 8.42 Å². The lowest BCUT2D eigenvalue weighted by Gasteiger charge is -2.03. The minimum Gasteiger partial charge on any atom is -0.323 e. The maximum absolute atomic E-state index is 11.6. The van der Waals surface area contributed by atoms with E-state index in [0.29, 0.717) is 11.4 Å². The second kappa shape index (κ2) is 3.49. The lowest BCUT2D eigenvalue weighted by Crippen LogP contribution is -2.10. The highest BCUT2D eigenvalue weighted by molar-refractivity contribution is 7.91. The summed E-state index contributed by atoms with van der Waals surface area (Å²) in [5.74, 6) is 0.904. The monoisotopic (exact) mass is 202 g/mol. The molecule has 0 saturated heterocycles. The molecule has 0 fully saturated rings. The highest BCUT2D eigenvalue weighted by Crippen LogP contribution is 2.12. The third-order valence-electron chi connectivity index (χ3n) is 1.97. The van der Waals surface area contributed by atoms with Gasteiger partial charge in [0.25, 0.3) is 0 Å². The van der Waals surface area contributed by atoms with E-state index in [1.54, 1.807) is 18.5 Å². The summed E-state index contributed by atoms with van der Waals surface area (Å²) in [7, 11) is -1.41. The van der Waals surface area contributed by atoms with Crippen LogP contribution in [-0.2, 0) is 16.9 Å². The summed E-state index contributed by atoms with van der Waals surface area (Å²) in [6.45, 7) is 3.63. The van der Waals surface area contributed by atoms with E-state index < -0.39 is 9.84 Å². The summed E-state index contributed by atoms with van der Waals surface area (Å²) < 4.78 is 24.8. The van der Waals surface area contributed by atoms with E-state index in [0.717, 1.165) is 5.82 Å². The Morgan fingerprint density at radius 2 is 2.15 bits per heavy atom. The van der Waals surface area contributed by atoms with Crippen LogP contribution in [0.5, 0.6) is 0 Å². The lowest BCUT2D eigenvalue weighted by molar-refractivity contribution is 0.583. The fourth-order valence-corrected chi connectivity index (χ4v) is 2.65. The maximum atomic E-state index is 11.6. The Morgan fingerprint density at radius 1 is 1.54 bits per heavy atom. The minimum absolute atomic E-state index is 0.186. The molecule has 0 N–H and O–H groups in total. The van der Waals surface area contributed by atoms with Crippen LogP contribution >= 0.6 is 0 Å². The Morgan fingerprint density at radius 3 is 2.54 bits per heavy atom. The van der Waals surface area contributed by atoms with Gasteiger partial charge in [0.15, 0.2) is 14.9 Å². The number of imidazole rings is 1. The van der Waals surface area contributed by atoms with E-state index in [-0.39, 0.29) is 5.75 Å².